The molecule has 3 nitrogen and oxygen atoms in total. The number of thiophene rings is 1. The van der Waals surface area contributed by atoms with Gasteiger partial charge in [0.2, 0.25) is 0 Å². The van der Waals surface area contributed by atoms with Crippen LogP contribution in [0.4, 0.5) is 4.39 Å². The molecule has 0 spiro atoms. The van der Waals surface area contributed by atoms with Crippen molar-refractivity contribution < 1.29 is 9.18 Å². The Morgan fingerprint density at radius 2 is 2.00 bits per heavy atom. The molecule has 1 amide bonds. The summed E-state index contributed by atoms with van der Waals surface area (Å²) in [5.74, 6) is -0.384. The van der Waals surface area contributed by atoms with Gasteiger partial charge in [-0.3, -0.25) is 4.79 Å². The number of amides is 1. The highest BCUT2D eigenvalue weighted by atomic mass is 32.1. The van der Waals surface area contributed by atoms with Crippen LogP contribution in [-0.4, -0.2) is 10.5 Å². The monoisotopic (exact) mass is 316 g/mol. The average Bonchev–Trinajstić information content (AvgIpc) is 3.06. The van der Waals surface area contributed by atoms with E-state index in [1.807, 2.05) is 17.5 Å². The number of rotatable bonds is 4. The van der Waals surface area contributed by atoms with Crippen LogP contribution in [-0.2, 0) is 6.54 Å². The second-order valence-corrected chi connectivity index (χ2v) is 6.38. The molecular formula is C17H17FN2OS. The summed E-state index contributed by atoms with van der Waals surface area (Å²) in [6.07, 6.45) is 0. The Labute approximate surface area is 132 Å². The van der Waals surface area contributed by atoms with Crippen LogP contribution in [0.15, 0.2) is 41.8 Å². The molecule has 0 atom stereocenters. The number of hydrogen-bond acceptors (Lipinski definition) is 2. The topological polar surface area (TPSA) is 34.0 Å². The van der Waals surface area contributed by atoms with Crippen LogP contribution >= 0.6 is 11.3 Å². The van der Waals surface area contributed by atoms with Crippen LogP contribution in [0.3, 0.4) is 0 Å². The Morgan fingerprint density at radius 3 is 2.68 bits per heavy atom. The van der Waals surface area contributed by atoms with Crippen LogP contribution < -0.4 is 5.32 Å². The molecule has 1 aromatic carbocycles. The largest absolute Gasteiger partial charge is 0.347 e. The summed E-state index contributed by atoms with van der Waals surface area (Å²) in [5.41, 5.74) is 1.54. The van der Waals surface area contributed by atoms with Gasteiger partial charge in [-0.2, -0.15) is 0 Å². The zero-order valence-electron chi connectivity index (χ0n) is 12.5. The zero-order valence-corrected chi connectivity index (χ0v) is 13.3. The summed E-state index contributed by atoms with van der Waals surface area (Å²) in [4.78, 5) is 13.6. The molecule has 0 saturated carbocycles. The van der Waals surface area contributed by atoms with E-state index in [0.29, 0.717) is 12.2 Å². The summed E-state index contributed by atoms with van der Waals surface area (Å²) in [6.45, 7) is 4.52. The van der Waals surface area contributed by atoms with E-state index in [4.69, 9.17) is 0 Å². The lowest BCUT2D eigenvalue weighted by atomic mass is 10.2. The Bertz CT molecular complexity index is 802. The van der Waals surface area contributed by atoms with Crippen LogP contribution in [0.5, 0.6) is 0 Å². The molecule has 0 aliphatic heterocycles. The summed E-state index contributed by atoms with van der Waals surface area (Å²) in [5, 5.41) is 6.02. The lowest BCUT2D eigenvalue weighted by molar-refractivity contribution is 0.0940. The second-order valence-electron chi connectivity index (χ2n) is 5.48. The molecule has 3 rings (SSSR count). The SMILES string of the molecule is CC(C)n1c(C(=O)NCc2ccc(F)cc2)cc2ccsc21. The molecule has 0 bridgehead atoms. The number of nitrogens with zero attached hydrogens (tertiary/aromatic N) is 1. The molecule has 0 unspecified atom stereocenters. The smallest absolute Gasteiger partial charge is 0.268 e. The number of aromatic nitrogens is 1. The molecule has 0 aliphatic rings. The predicted octanol–water partition coefficient (Wildman–Crippen LogP) is 4.35. The van der Waals surface area contributed by atoms with Gasteiger partial charge in [0, 0.05) is 18.0 Å². The lowest BCUT2D eigenvalue weighted by Crippen LogP contribution is -2.25. The Morgan fingerprint density at radius 1 is 1.27 bits per heavy atom. The number of benzene rings is 1. The molecule has 0 aliphatic carbocycles. The fourth-order valence-electron chi connectivity index (χ4n) is 2.51. The quantitative estimate of drug-likeness (QED) is 0.763. The molecule has 1 N–H and O–H groups in total. The van der Waals surface area contributed by atoms with Crippen LogP contribution in [0, 0.1) is 5.82 Å². The van der Waals surface area contributed by atoms with E-state index in [2.05, 4.69) is 23.7 Å². The summed E-state index contributed by atoms with van der Waals surface area (Å²) in [6, 6.07) is 10.3. The zero-order chi connectivity index (χ0) is 15.7. The minimum Gasteiger partial charge on any atom is -0.347 e. The van der Waals surface area contributed by atoms with Gasteiger partial charge < -0.3 is 9.88 Å². The molecule has 0 saturated heterocycles. The van der Waals surface area contributed by atoms with E-state index in [9.17, 15) is 9.18 Å². The van der Waals surface area contributed by atoms with Gasteiger partial charge >= 0.3 is 0 Å². The number of hydrogen-bond donors (Lipinski definition) is 1. The molecular weight excluding hydrogens is 299 g/mol. The number of carbonyl (C=O) groups excluding carboxylic acids is 1. The van der Waals surface area contributed by atoms with E-state index in [1.54, 1.807) is 23.5 Å². The Kier molecular flexibility index (Phi) is 3.98. The molecule has 2 aromatic heterocycles. The van der Waals surface area contributed by atoms with E-state index in [-0.39, 0.29) is 17.8 Å². The van der Waals surface area contributed by atoms with Crippen molar-refractivity contribution in [2.24, 2.45) is 0 Å². The maximum atomic E-state index is 12.9. The molecule has 114 valence electrons. The summed E-state index contributed by atoms with van der Waals surface area (Å²) >= 11 is 1.64. The lowest BCUT2D eigenvalue weighted by Gasteiger charge is -2.13. The summed E-state index contributed by atoms with van der Waals surface area (Å²) < 4.78 is 14.9. The van der Waals surface area contributed by atoms with Crippen molar-refractivity contribution >= 4 is 27.5 Å². The first-order valence-corrected chi connectivity index (χ1v) is 8.05. The molecule has 0 radical (unpaired) electrons. The normalized spacial score (nSPS) is 11.3. The van der Waals surface area contributed by atoms with E-state index in [1.165, 1.54) is 12.1 Å². The van der Waals surface area contributed by atoms with E-state index >= 15 is 0 Å². The van der Waals surface area contributed by atoms with Gasteiger partial charge in [-0.25, -0.2) is 4.39 Å². The third kappa shape index (κ3) is 2.76. The second kappa shape index (κ2) is 5.93. The number of halogens is 1. The first-order chi connectivity index (χ1) is 10.6. The first-order valence-electron chi connectivity index (χ1n) is 7.17. The van der Waals surface area contributed by atoms with Crippen LogP contribution in [0.25, 0.3) is 10.2 Å². The minimum atomic E-state index is -0.274. The van der Waals surface area contributed by atoms with Crippen molar-refractivity contribution in [1.29, 1.82) is 0 Å². The first kappa shape index (κ1) is 14.8. The molecule has 3 aromatic rings. The maximum Gasteiger partial charge on any atom is 0.268 e. The van der Waals surface area contributed by atoms with Gasteiger partial charge in [-0.1, -0.05) is 12.1 Å². The van der Waals surface area contributed by atoms with Crippen molar-refractivity contribution in [3.05, 3.63) is 58.9 Å². The van der Waals surface area contributed by atoms with Crippen molar-refractivity contribution in [3.63, 3.8) is 0 Å². The standard InChI is InChI=1S/C17H17FN2OS/c1-11(2)20-15(9-13-7-8-22-17(13)20)16(21)19-10-12-3-5-14(18)6-4-12/h3-9,11H,10H2,1-2H3,(H,19,21). The fourth-order valence-corrected chi connectivity index (χ4v) is 3.54. The minimum absolute atomic E-state index is 0.110. The Balaban J connectivity index is 1.81. The van der Waals surface area contributed by atoms with Crippen LogP contribution in [0.2, 0.25) is 0 Å². The van der Waals surface area contributed by atoms with Gasteiger partial charge in [0.05, 0.1) is 0 Å². The predicted molar refractivity (Wildman–Crippen MR) is 87.8 cm³/mol. The van der Waals surface area contributed by atoms with Crippen LogP contribution in [0.1, 0.15) is 35.9 Å². The van der Waals surface area contributed by atoms with E-state index < -0.39 is 0 Å². The van der Waals surface area contributed by atoms with Crippen molar-refractivity contribution in [2.45, 2.75) is 26.4 Å². The molecule has 5 heteroatoms. The average molecular weight is 316 g/mol. The number of nitrogens with one attached hydrogen (secondary N) is 1. The van der Waals surface area contributed by atoms with E-state index in [0.717, 1.165) is 15.8 Å². The third-order valence-electron chi connectivity index (χ3n) is 3.56. The number of fused-ring (bicyclic) bond motifs is 1. The molecule has 22 heavy (non-hydrogen) atoms. The molecule has 0 fully saturated rings. The van der Waals surface area contributed by atoms with Gasteiger partial charge in [0.15, 0.2) is 0 Å². The third-order valence-corrected chi connectivity index (χ3v) is 4.49. The van der Waals surface area contributed by atoms with Gasteiger partial charge in [-0.05, 0) is 49.1 Å². The highest BCUT2D eigenvalue weighted by Crippen LogP contribution is 2.28. The highest BCUT2D eigenvalue weighted by molar-refractivity contribution is 7.16. The fraction of sp³-hybridized carbons (Fsp3) is 0.235. The molecule has 2 heterocycles. The summed E-state index contributed by atoms with van der Waals surface area (Å²) in [7, 11) is 0. The van der Waals surface area contributed by atoms with Crippen molar-refractivity contribution in [2.75, 3.05) is 0 Å². The maximum absolute atomic E-state index is 12.9. The van der Waals surface area contributed by atoms with Gasteiger partial charge in [-0.15, -0.1) is 11.3 Å². The van der Waals surface area contributed by atoms with Gasteiger partial charge in [0.25, 0.3) is 5.91 Å². The highest BCUT2D eigenvalue weighted by Gasteiger charge is 2.18. The van der Waals surface area contributed by atoms with Gasteiger partial charge in [0.1, 0.15) is 16.3 Å². The van der Waals surface area contributed by atoms with Crippen molar-refractivity contribution in [3.8, 4) is 0 Å². The number of carbonyl (C=O) groups is 1. The Hall–Kier alpha value is -2.14. The van der Waals surface area contributed by atoms with Crippen molar-refractivity contribution in [1.82, 2.24) is 9.88 Å².